The molecule has 0 saturated carbocycles. The lowest BCUT2D eigenvalue weighted by molar-refractivity contribution is 0.204. The second-order valence-electron chi connectivity index (χ2n) is 3.77. The Kier molecular flexibility index (Phi) is 7.09. The van der Waals surface area contributed by atoms with E-state index in [1.807, 2.05) is 31.2 Å². The fraction of sp³-hybridized carbons (Fsp3) is 0.333. The van der Waals surface area contributed by atoms with E-state index in [0.29, 0.717) is 23.4 Å². The van der Waals surface area contributed by atoms with E-state index in [1.165, 1.54) is 0 Å². The number of para-hydroxylation sites is 1. The van der Waals surface area contributed by atoms with Gasteiger partial charge in [-0.2, -0.15) is 0 Å². The molecule has 0 aromatic heterocycles. The molecule has 104 valence electrons. The molecule has 0 heterocycles. The van der Waals surface area contributed by atoms with Crippen molar-refractivity contribution < 1.29 is 4.74 Å². The Morgan fingerprint density at radius 2 is 1.84 bits per heavy atom. The molecule has 5 nitrogen and oxygen atoms in total. The molecule has 0 bridgehead atoms. The first kappa shape index (κ1) is 15.6. The van der Waals surface area contributed by atoms with Crippen molar-refractivity contribution in [3.05, 3.63) is 29.8 Å². The molecule has 7 heteroatoms. The second-order valence-corrected chi connectivity index (χ2v) is 4.58. The van der Waals surface area contributed by atoms with E-state index in [-0.39, 0.29) is 0 Å². The molecule has 1 rings (SSSR count). The number of nitrogens with one attached hydrogen (secondary N) is 4. The van der Waals surface area contributed by atoms with Gasteiger partial charge in [-0.3, -0.25) is 10.9 Å². The van der Waals surface area contributed by atoms with Gasteiger partial charge in [-0.25, -0.2) is 0 Å². The number of hydrazine groups is 1. The quantitative estimate of drug-likeness (QED) is 0.380. The lowest BCUT2D eigenvalue weighted by atomic mass is 10.2. The van der Waals surface area contributed by atoms with Crippen molar-refractivity contribution in [2.75, 3.05) is 25.6 Å². The number of hydrogen-bond donors (Lipinski definition) is 4. The first-order chi connectivity index (χ1) is 9.13. The van der Waals surface area contributed by atoms with E-state index in [1.54, 1.807) is 7.11 Å². The smallest absolute Gasteiger partial charge is 0.189 e. The van der Waals surface area contributed by atoms with Crippen molar-refractivity contribution in [3.63, 3.8) is 0 Å². The molecule has 4 N–H and O–H groups in total. The standard InChI is InChI=1S/C12H18N4OS2/c1-9-5-3-4-6-10(9)14-12(19)16-15-11(18)13-7-8-17-2/h3-6H,7-8H2,1-2H3,(H2,13,15,18)(H2,14,16,19). The number of rotatable bonds is 4. The van der Waals surface area contributed by atoms with E-state index >= 15 is 0 Å². The van der Waals surface area contributed by atoms with Crippen LogP contribution >= 0.6 is 24.4 Å². The number of ether oxygens (including phenoxy) is 1. The summed E-state index contributed by atoms with van der Waals surface area (Å²) in [5.74, 6) is 0. The van der Waals surface area contributed by atoms with Crippen LogP contribution < -0.4 is 21.5 Å². The monoisotopic (exact) mass is 298 g/mol. The summed E-state index contributed by atoms with van der Waals surface area (Å²) in [4.78, 5) is 0. The van der Waals surface area contributed by atoms with Crippen molar-refractivity contribution in [1.29, 1.82) is 0 Å². The second kappa shape index (κ2) is 8.63. The summed E-state index contributed by atoms with van der Waals surface area (Å²) in [6, 6.07) is 7.89. The predicted octanol–water partition coefficient (Wildman–Crippen LogP) is 1.31. The normalized spacial score (nSPS) is 9.58. The van der Waals surface area contributed by atoms with Crippen LogP contribution in [0.5, 0.6) is 0 Å². The summed E-state index contributed by atoms with van der Waals surface area (Å²) < 4.78 is 4.90. The highest BCUT2D eigenvalue weighted by atomic mass is 32.1. The van der Waals surface area contributed by atoms with Crippen LogP contribution in [-0.2, 0) is 4.74 Å². The van der Waals surface area contributed by atoms with Gasteiger partial charge in [-0.1, -0.05) is 18.2 Å². The SMILES string of the molecule is COCCNC(=S)NNC(=S)Nc1ccccc1C. The molecule has 0 unspecified atom stereocenters. The maximum atomic E-state index is 5.15. The molecule has 0 aliphatic rings. The Morgan fingerprint density at radius 1 is 1.16 bits per heavy atom. The third-order valence-corrected chi connectivity index (χ3v) is 2.73. The first-order valence-corrected chi connectivity index (χ1v) is 6.60. The van der Waals surface area contributed by atoms with Crippen LogP contribution in [-0.4, -0.2) is 30.5 Å². The van der Waals surface area contributed by atoms with Crippen molar-refractivity contribution >= 4 is 40.3 Å². The average Bonchev–Trinajstić information content (AvgIpc) is 2.39. The highest BCUT2D eigenvalue weighted by Gasteiger charge is 2.00. The highest BCUT2D eigenvalue weighted by Crippen LogP contribution is 2.12. The van der Waals surface area contributed by atoms with Crippen LogP contribution in [0.3, 0.4) is 0 Å². The third-order valence-electron chi connectivity index (χ3n) is 2.27. The van der Waals surface area contributed by atoms with Crippen molar-refractivity contribution in [3.8, 4) is 0 Å². The van der Waals surface area contributed by atoms with Gasteiger partial charge in [-0.15, -0.1) is 0 Å². The van der Waals surface area contributed by atoms with Crippen LogP contribution in [0.4, 0.5) is 5.69 Å². The Hall–Kier alpha value is -1.44. The number of benzene rings is 1. The van der Waals surface area contributed by atoms with E-state index < -0.39 is 0 Å². The minimum Gasteiger partial charge on any atom is -0.383 e. The van der Waals surface area contributed by atoms with Crippen LogP contribution in [0, 0.1) is 6.92 Å². The average molecular weight is 298 g/mol. The molecule has 1 aromatic rings. The molecule has 19 heavy (non-hydrogen) atoms. The summed E-state index contributed by atoms with van der Waals surface area (Å²) in [7, 11) is 1.64. The van der Waals surface area contributed by atoms with Gasteiger partial charge in [0.2, 0.25) is 0 Å². The molecule has 0 spiro atoms. The van der Waals surface area contributed by atoms with Crippen molar-refractivity contribution in [1.82, 2.24) is 16.2 Å². The van der Waals surface area contributed by atoms with Crippen LogP contribution in [0.15, 0.2) is 24.3 Å². The summed E-state index contributed by atoms with van der Waals surface area (Å²) >= 11 is 10.2. The zero-order chi connectivity index (χ0) is 14.1. The third kappa shape index (κ3) is 6.32. The number of hydrogen-bond acceptors (Lipinski definition) is 3. The largest absolute Gasteiger partial charge is 0.383 e. The van der Waals surface area contributed by atoms with Crippen molar-refractivity contribution in [2.45, 2.75) is 6.92 Å². The molecule has 0 aliphatic carbocycles. The van der Waals surface area contributed by atoms with Gasteiger partial charge in [0.05, 0.1) is 6.61 Å². The maximum absolute atomic E-state index is 5.15. The molecule has 0 atom stereocenters. The summed E-state index contributed by atoms with van der Waals surface area (Å²) in [5.41, 5.74) is 7.68. The molecular formula is C12H18N4OS2. The number of thiocarbonyl (C=S) groups is 2. The lowest BCUT2D eigenvalue weighted by Gasteiger charge is -2.15. The maximum Gasteiger partial charge on any atom is 0.189 e. The Bertz CT molecular complexity index is 439. The Labute approximate surface area is 124 Å². The van der Waals surface area contributed by atoms with E-state index in [9.17, 15) is 0 Å². The number of aryl methyl sites for hydroxylation is 1. The molecule has 0 amide bonds. The molecule has 0 aliphatic heterocycles. The lowest BCUT2D eigenvalue weighted by Crippen LogP contribution is -2.48. The summed E-state index contributed by atoms with van der Waals surface area (Å²) in [5, 5.41) is 6.95. The van der Waals surface area contributed by atoms with Gasteiger partial charge in [0, 0.05) is 19.3 Å². The van der Waals surface area contributed by atoms with Crippen LogP contribution in [0.1, 0.15) is 5.56 Å². The number of anilines is 1. The zero-order valence-corrected chi connectivity index (χ0v) is 12.6. The zero-order valence-electron chi connectivity index (χ0n) is 10.9. The Morgan fingerprint density at radius 3 is 2.53 bits per heavy atom. The first-order valence-electron chi connectivity index (χ1n) is 5.79. The molecule has 1 aromatic carbocycles. The van der Waals surface area contributed by atoms with Gasteiger partial charge in [0.1, 0.15) is 0 Å². The minimum absolute atomic E-state index is 0.449. The fourth-order valence-electron chi connectivity index (χ4n) is 1.29. The molecule has 0 fully saturated rings. The van der Waals surface area contributed by atoms with Gasteiger partial charge in [-0.05, 0) is 43.0 Å². The van der Waals surface area contributed by atoms with Gasteiger partial charge in [0.25, 0.3) is 0 Å². The van der Waals surface area contributed by atoms with Gasteiger partial charge < -0.3 is 15.4 Å². The van der Waals surface area contributed by atoms with Gasteiger partial charge in [0.15, 0.2) is 10.2 Å². The topological polar surface area (TPSA) is 57.4 Å². The van der Waals surface area contributed by atoms with E-state index in [4.69, 9.17) is 29.2 Å². The highest BCUT2D eigenvalue weighted by molar-refractivity contribution is 7.80. The molecule has 0 radical (unpaired) electrons. The summed E-state index contributed by atoms with van der Waals surface area (Å²) in [6.07, 6.45) is 0. The van der Waals surface area contributed by atoms with Crippen LogP contribution in [0.2, 0.25) is 0 Å². The van der Waals surface area contributed by atoms with Gasteiger partial charge >= 0.3 is 0 Å². The fourth-order valence-corrected chi connectivity index (χ4v) is 1.61. The molecule has 0 saturated heterocycles. The molecular weight excluding hydrogens is 280 g/mol. The predicted molar refractivity (Wildman–Crippen MR) is 86.1 cm³/mol. The Balaban J connectivity index is 2.28. The minimum atomic E-state index is 0.449. The summed E-state index contributed by atoms with van der Waals surface area (Å²) in [6.45, 7) is 3.24. The van der Waals surface area contributed by atoms with E-state index in [2.05, 4.69) is 21.5 Å². The van der Waals surface area contributed by atoms with Crippen molar-refractivity contribution in [2.24, 2.45) is 0 Å². The van der Waals surface area contributed by atoms with E-state index in [0.717, 1.165) is 11.3 Å². The van der Waals surface area contributed by atoms with Crippen LogP contribution in [0.25, 0.3) is 0 Å². The number of methoxy groups -OCH3 is 1.